The molecule has 2 heterocycles. The van der Waals surface area contributed by atoms with Gasteiger partial charge in [0.25, 0.3) is 0 Å². The molecule has 0 spiro atoms. The Balaban J connectivity index is 2.26. The van der Waals surface area contributed by atoms with Gasteiger partial charge in [0.2, 0.25) is 0 Å². The van der Waals surface area contributed by atoms with E-state index in [1.807, 2.05) is 6.92 Å². The number of hydrogen-bond acceptors (Lipinski definition) is 5. The van der Waals surface area contributed by atoms with Crippen molar-refractivity contribution in [1.82, 2.24) is 4.37 Å². The first kappa shape index (κ1) is 12.5. The lowest BCUT2D eigenvalue weighted by molar-refractivity contribution is 0.342. The van der Waals surface area contributed by atoms with Crippen LogP contribution in [-0.4, -0.2) is 23.6 Å². The van der Waals surface area contributed by atoms with E-state index in [-0.39, 0.29) is 0 Å². The van der Waals surface area contributed by atoms with Crippen molar-refractivity contribution in [2.75, 3.05) is 23.8 Å². The van der Waals surface area contributed by atoms with Gasteiger partial charge < -0.3 is 15.4 Å². The SMILES string of the molecule is CCOc1c(N)nsc1N1CCCC1C(C)C. The Bertz CT molecular complexity index is 378. The van der Waals surface area contributed by atoms with Crippen molar-refractivity contribution in [2.45, 2.75) is 39.7 Å². The number of hydrogen-bond donors (Lipinski definition) is 1. The van der Waals surface area contributed by atoms with Gasteiger partial charge in [0.1, 0.15) is 0 Å². The summed E-state index contributed by atoms with van der Waals surface area (Å²) in [4.78, 5) is 2.42. The quantitative estimate of drug-likeness (QED) is 0.899. The monoisotopic (exact) mass is 255 g/mol. The van der Waals surface area contributed by atoms with E-state index in [4.69, 9.17) is 10.5 Å². The van der Waals surface area contributed by atoms with Crippen LogP contribution in [-0.2, 0) is 0 Å². The Kier molecular flexibility index (Phi) is 3.76. The van der Waals surface area contributed by atoms with Crippen molar-refractivity contribution in [3.8, 4) is 5.75 Å². The molecule has 96 valence electrons. The van der Waals surface area contributed by atoms with Crippen molar-refractivity contribution in [3.63, 3.8) is 0 Å². The van der Waals surface area contributed by atoms with Crippen molar-refractivity contribution < 1.29 is 4.74 Å². The van der Waals surface area contributed by atoms with E-state index < -0.39 is 0 Å². The molecule has 0 aromatic carbocycles. The van der Waals surface area contributed by atoms with Crippen LogP contribution < -0.4 is 15.4 Å². The van der Waals surface area contributed by atoms with Gasteiger partial charge in [-0.05, 0) is 37.2 Å². The van der Waals surface area contributed by atoms with E-state index in [2.05, 4.69) is 23.1 Å². The number of rotatable bonds is 4. The largest absolute Gasteiger partial charge is 0.487 e. The van der Waals surface area contributed by atoms with Crippen molar-refractivity contribution in [2.24, 2.45) is 5.92 Å². The molecule has 0 radical (unpaired) electrons. The van der Waals surface area contributed by atoms with E-state index in [9.17, 15) is 0 Å². The molecule has 0 aliphatic carbocycles. The van der Waals surface area contributed by atoms with Gasteiger partial charge in [-0.1, -0.05) is 13.8 Å². The average Bonchev–Trinajstić information content (AvgIpc) is 2.87. The molecule has 2 rings (SSSR count). The number of nitrogen functional groups attached to an aromatic ring is 1. The molecule has 4 nitrogen and oxygen atoms in total. The van der Waals surface area contributed by atoms with Crippen LogP contribution in [0.2, 0.25) is 0 Å². The molecule has 5 heteroatoms. The van der Waals surface area contributed by atoms with Crippen LogP contribution in [0.3, 0.4) is 0 Å². The third kappa shape index (κ3) is 2.34. The maximum atomic E-state index is 5.86. The zero-order valence-electron chi connectivity index (χ0n) is 10.8. The van der Waals surface area contributed by atoms with E-state index >= 15 is 0 Å². The highest BCUT2D eigenvalue weighted by Gasteiger charge is 2.31. The summed E-state index contributed by atoms with van der Waals surface area (Å²) in [5.74, 6) is 1.96. The van der Waals surface area contributed by atoms with Crippen molar-refractivity contribution >= 4 is 22.4 Å². The van der Waals surface area contributed by atoms with Gasteiger partial charge in [0.15, 0.2) is 16.6 Å². The maximum Gasteiger partial charge on any atom is 0.197 e. The van der Waals surface area contributed by atoms with E-state index in [0.717, 1.165) is 17.3 Å². The zero-order valence-corrected chi connectivity index (χ0v) is 11.6. The van der Waals surface area contributed by atoms with Crippen molar-refractivity contribution in [3.05, 3.63) is 0 Å². The second-order valence-electron chi connectivity index (χ2n) is 4.78. The molecule has 1 unspecified atom stereocenters. The van der Waals surface area contributed by atoms with Crippen LogP contribution in [0.1, 0.15) is 33.6 Å². The molecule has 0 saturated carbocycles. The minimum atomic E-state index is 0.529. The number of anilines is 2. The smallest absolute Gasteiger partial charge is 0.197 e. The van der Waals surface area contributed by atoms with Crippen LogP contribution in [0.5, 0.6) is 5.75 Å². The first-order valence-electron chi connectivity index (χ1n) is 6.29. The number of nitrogens with two attached hydrogens (primary N) is 1. The summed E-state index contributed by atoms with van der Waals surface area (Å²) >= 11 is 1.46. The van der Waals surface area contributed by atoms with Gasteiger partial charge in [-0.25, -0.2) is 0 Å². The third-order valence-electron chi connectivity index (χ3n) is 3.28. The first-order valence-corrected chi connectivity index (χ1v) is 7.07. The minimum Gasteiger partial charge on any atom is -0.487 e. The van der Waals surface area contributed by atoms with Crippen molar-refractivity contribution in [1.29, 1.82) is 0 Å². The van der Waals surface area contributed by atoms with Gasteiger partial charge in [-0.3, -0.25) is 0 Å². The fourth-order valence-electron chi connectivity index (χ4n) is 2.49. The van der Waals surface area contributed by atoms with E-state index in [1.165, 1.54) is 24.4 Å². The third-order valence-corrected chi connectivity index (χ3v) is 4.16. The molecule has 2 N–H and O–H groups in total. The first-order chi connectivity index (χ1) is 8.15. The molecule has 1 aromatic heterocycles. The molecule has 17 heavy (non-hydrogen) atoms. The van der Waals surface area contributed by atoms with Crippen LogP contribution in [0.25, 0.3) is 0 Å². The molecule has 0 bridgehead atoms. The average molecular weight is 255 g/mol. The molecule has 1 aliphatic heterocycles. The lowest BCUT2D eigenvalue weighted by atomic mass is 10.0. The summed E-state index contributed by atoms with van der Waals surface area (Å²) in [6.45, 7) is 8.24. The Morgan fingerprint density at radius 1 is 1.59 bits per heavy atom. The summed E-state index contributed by atoms with van der Waals surface area (Å²) < 4.78 is 9.86. The summed E-state index contributed by atoms with van der Waals surface area (Å²) in [5, 5.41) is 1.11. The standard InChI is InChI=1S/C12H21N3OS/c1-4-16-10-11(13)14-17-12(10)15-7-5-6-9(15)8(2)3/h8-9H,4-7H2,1-3H3,(H2,13,14). The molecule has 0 amide bonds. The van der Waals surface area contributed by atoms with E-state index in [0.29, 0.717) is 24.4 Å². The van der Waals surface area contributed by atoms with Crippen LogP contribution >= 0.6 is 11.5 Å². The fourth-order valence-corrected chi connectivity index (χ4v) is 3.33. The Morgan fingerprint density at radius 3 is 3.00 bits per heavy atom. The highest BCUT2D eigenvalue weighted by atomic mass is 32.1. The van der Waals surface area contributed by atoms with Gasteiger partial charge in [-0.2, -0.15) is 4.37 Å². The normalized spacial score (nSPS) is 20.2. The minimum absolute atomic E-state index is 0.529. The highest BCUT2D eigenvalue weighted by Crippen LogP contribution is 2.42. The lowest BCUT2D eigenvalue weighted by Gasteiger charge is -2.28. The summed E-state index contributed by atoms with van der Waals surface area (Å²) in [7, 11) is 0. The summed E-state index contributed by atoms with van der Waals surface area (Å²) in [6.07, 6.45) is 2.49. The topological polar surface area (TPSA) is 51.4 Å². The predicted octanol–water partition coefficient (Wildman–Crippen LogP) is 2.75. The number of aromatic nitrogens is 1. The fraction of sp³-hybridized carbons (Fsp3) is 0.750. The van der Waals surface area contributed by atoms with Crippen LogP contribution in [0, 0.1) is 5.92 Å². The Hall–Kier alpha value is -0.970. The van der Waals surface area contributed by atoms with Crippen LogP contribution in [0.15, 0.2) is 0 Å². The van der Waals surface area contributed by atoms with Crippen LogP contribution in [0.4, 0.5) is 10.8 Å². The molecule has 1 saturated heterocycles. The predicted molar refractivity (Wildman–Crippen MR) is 72.9 cm³/mol. The van der Waals surface area contributed by atoms with Gasteiger partial charge >= 0.3 is 0 Å². The zero-order chi connectivity index (χ0) is 12.4. The molecular weight excluding hydrogens is 234 g/mol. The van der Waals surface area contributed by atoms with Gasteiger partial charge in [0.05, 0.1) is 6.61 Å². The van der Waals surface area contributed by atoms with Gasteiger partial charge in [-0.15, -0.1) is 0 Å². The molecular formula is C12H21N3OS. The second kappa shape index (κ2) is 5.12. The second-order valence-corrected chi connectivity index (χ2v) is 5.53. The lowest BCUT2D eigenvalue weighted by Crippen LogP contribution is -2.33. The highest BCUT2D eigenvalue weighted by molar-refractivity contribution is 7.11. The molecule has 1 aliphatic rings. The maximum absolute atomic E-state index is 5.86. The Labute approximate surface area is 107 Å². The summed E-state index contributed by atoms with van der Waals surface area (Å²) in [5.41, 5.74) is 5.86. The van der Waals surface area contributed by atoms with E-state index in [1.54, 1.807) is 0 Å². The van der Waals surface area contributed by atoms with Gasteiger partial charge in [0, 0.05) is 12.6 Å². The molecule has 1 fully saturated rings. The molecule has 1 aromatic rings. The number of ether oxygens (including phenoxy) is 1. The number of nitrogens with zero attached hydrogens (tertiary/aromatic N) is 2. The molecule has 1 atom stereocenters. The summed E-state index contributed by atoms with van der Waals surface area (Å²) in [6, 6.07) is 0.592. The Morgan fingerprint density at radius 2 is 2.35 bits per heavy atom.